The fourth-order valence-electron chi connectivity index (χ4n) is 2.87. The average Bonchev–Trinajstić information content (AvgIpc) is 2.48. The molecule has 0 aromatic heterocycles. The molecule has 1 aromatic carbocycles. The average molecular weight is 395 g/mol. The lowest BCUT2D eigenvalue weighted by Crippen LogP contribution is -2.36. The van der Waals surface area contributed by atoms with E-state index < -0.39 is 22.4 Å². The maximum Gasteiger partial charge on any atom is 0.124 e. The first-order chi connectivity index (χ1) is 12.3. The predicted octanol–water partition coefficient (Wildman–Crippen LogP) is 6.95. The van der Waals surface area contributed by atoms with Gasteiger partial charge in [0.25, 0.3) is 0 Å². The van der Waals surface area contributed by atoms with Gasteiger partial charge in [-0.15, -0.1) is 0 Å². The van der Waals surface area contributed by atoms with Crippen LogP contribution in [-0.2, 0) is 36.2 Å². The first kappa shape index (κ1) is 25.1. The normalized spacial score (nSPS) is 14.5. The summed E-state index contributed by atoms with van der Waals surface area (Å²) in [5, 5.41) is 0. The van der Waals surface area contributed by atoms with Crippen LogP contribution in [0.3, 0.4) is 0 Å². The van der Waals surface area contributed by atoms with Crippen LogP contribution in [0.25, 0.3) is 0 Å². The van der Waals surface area contributed by atoms with Crippen molar-refractivity contribution >= 4 is 0 Å². The molecule has 4 nitrogen and oxygen atoms in total. The van der Waals surface area contributed by atoms with Crippen LogP contribution in [0.1, 0.15) is 107 Å². The largest absolute Gasteiger partial charge is 0.230 e. The Balaban J connectivity index is 3.54. The van der Waals surface area contributed by atoms with Crippen molar-refractivity contribution in [1.82, 2.24) is 0 Å². The van der Waals surface area contributed by atoms with Crippen molar-refractivity contribution in [2.45, 2.75) is 118 Å². The van der Waals surface area contributed by atoms with Gasteiger partial charge in [-0.05, 0) is 91.3 Å². The maximum absolute atomic E-state index is 6.00. The molecule has 0 saturated heterocycles. The summed E-state index contributed by atoms with van der Waals surface area (Å²) in [6.07, 6.45) is 0. The van der Waals surface area contributed by atoms with Crippen molar-refractivity contribution in [3.8, 4) is 0 Å². The number of hydrogen-bond donors (Lipinski definition) is 0. The van der Waals surface area contributed by atoms with E-state index in [0.29, 0.717) is 0 Å². The topological polar surface area (TPSA) is 36.9 Å². The van der Waals surface area contributed by atoms with E-state index in [4.69, 9.17) is 19.6 Å². The van der Waals surface area contributed by atoms with E-state index in [9.17, 15) is 0 Å². The molecule has 0 spiro atoms. The Morgan fingerprint density at radius 2 is 0.893 bits per heavy atom. The molecule has 0 fully saturated rings. The summed E-state index contributed by atoms with van der Waals surface area (Å²) in [6, 6.07) is 6.31. The third kappa shape index (κ3) is 7.14. The fourth-order valence-corrected chi connectivity index (χ4v) is 2.87. The summed E-state index contributed by atoms with van der Waals surface area (Å²) in [4.78, 5) is 23.3. The molecular formula is C24H42O4. The van der Waals surface area contributed by atoms with Crippen LogP contribution in [0, 0.1) is 0 Å². The zero-order chi connectivity index (χ0) is 22.2. The molecule has 0 N–H and O–H groups in total. The van der Waals surface area contributed by atoms with E-state index in [1.165, 1.54) is 5.56 Å². The predicted molar refractivity (Wildman–Crippen MR) is 115 cm³/mol. The third-order valence-corrected chi connectivity index (χ3v) is 4.12. The third-order valence-electron chi connectivity index (χ3n) is 4.12. The summed E-state index contributed by atoms with van der Waals surface area (Å²) in [6.45, 7) is 26.6. The number of benzene rings is 1. The molecule has 0 atom stereocenters. The van der Waals surface area contributed by atoms with Gasteiger partial charge in [0.15, 0.2) is 0 Å². The Morgan fingerprint density at radius 1 is 0.500 bits per heavy atom. The van der Waals surface area contributed by atoms with Gasteiger partial charge in [0, 0.05) is 0 Å². The number of hydrogen-bond acceptors (Lipinski definition) is 4. The van der Waals surface area contributed by atoms with Crippen LogP contribution in [-0.4, -0.2) is 11.2 Å². The van der Waals surface area contributed by atoms with E-state index in [1.54, 1.807) is 0 Å². The number of rotatable bonds is 6. The van der Waals surface area contributed by atoms with Gasteiger partial charge in [-0.2, -0.15) is 0 Å². The minimum Gasteiger partial charge on any atom is -0.230 e. The van der Waals surface area contributed by atoms with E-state index >= 15 is 0 Å². The van der Waals surface area contributed by atoms with Crippen LogP contribution in [0.2, 0.25) is 0 Å². The van der Waals surface area contributed by atoms with Crippen molar-refractivity contribution in [2.75, 3.05) is 0 Å². The molecule has 0 heterocycles. The van der Waals surface area contributed by atoms with Crippen LogP contribution in [0.5, 0.6) is 0 Å². The van der Waals surface area contributed by atoms with Crippen LogP contribution >= 0.6 is 0 Å². The highest BCUT2D eigenvalue weighted by atomic mass is 17.2. The maximum atomic E-state index is 6.00. The molecular weight excluding hydrogens is 352 g/mol. The minimum absolute atomic E-state index is 0.0747. The summed E-state index contributed by atoms with van der Waals surface area (Å²) in [5.41, 5.74) is 1.03. The van der Waals surface area contributed by atoms with Crippen LogP contribution in [0.4, 0.5) is 0 Å². The van der Waals surface area contributed by atoms with E-state index in [0.717, 1.165) is 11.1 Å². The molecule has 0 bridgehead atoms. The van der Waals surface area contributed by atoms with Gasteiger partial charge in [0.2, 0.25) is 0 Å². The first-order valence-electron chi connectivity index (χ1n) is 10.1. The zero-order valence-electron chi connectivity index (χ0n) is 20.4. The molecule has 0 amide bonds. The Bertz CT molecular complexity index is 653. The summed E-state index contributed by atoms with van der Waals surface area (Å²) >= 11 is 0. The highest BCUT2D eigenvalue weighted by Gasteiger charge is 2.39. The van der Waals surface area contributed by atoms with Gasteiger partial charge < -0.3 is 0 Å². The van der Waals surface area contributed by atoms with Crippen LogP contribution < -0.4 is 0 Å². The highest BCUT2D eigenvalue weighted by molar-refractivity contribution is 5.45. The minimum atomic E-state index is -0.686. The monoisotopic (exact) mass is 394 g/mol. The molecule has 0 aliphatic heterocycles. The van der Waals surface area contributed by atoms with E-state index in [2.05, 4.69) is 39.0 Å². The quantitative estimate of drug-likeness (QED) is 0.386. The molecule has 0 radical (unpaired) electrons. The van der Waals surface area contributed by atoms with E-state index in [1.807, 2.05) is 69.2 Å². The van der Waals surface area contributed by atoms with Crippen LogP contribution in [0.15, 0.2) is 18.2 Å². The van der Waals surface area contributed by atoms with Gasteiger partial charge in [-0.25, -0.2) is 19.6 Å². The molecule has 0 aliphatic carbocycles. The summed E-state index contributed by atoms with van der Waals surface area (Å²) in [5.74, 6) is 0. The van der Waals surface area contributed by atoms with Gasteiger partial charge in [0.05, 0.1) is 11.2 Å². The molecule has 1 rings (SSSR count). The lowest BCUT2D eigenvalue weighted by molar-refractivity contribution is -0.407. The Kier molecular flexibility index (Phi) is 7.22. The van der Waals surface area contributed by atoms with Crippen molar-refractivity contribution in [3.63, 3.8) is 0 Å². The van der Waals surface area contributed by atoms with E-state index in [-0.39, 0.29) is 5.41 Å². The molecule has 162 valence electrons. The van der Waals surface area contributed by atoms with Gasteiger partial charge >= 0.3 is 0 Å². The lowest BCUT2D eigenvalue weighted by Gasteiger charge is -2.39. The molecule has 0 saturated carbocycles. The van der Waals surface area contributed by atoms with Crippen molar-refractivity contribution in [3.05, 3.63) is 34.9 Å². The Morgan fingerprint density at radius 3 is 1.29 bits per heavy atom. The van der Waals surface area contributed by atoms with Gasteiger partial charge in [-0.1, -0.05) is 39.0 Å². The van der Waals surface area contributed by atoms with Crippen molar-refractivity contribution < 1.29 is 19.6 Å². The van der Waals surface area contributed by atoms with Gasteiger partial charge in [-0.3, -0.25) is 0 Å². The molecule has 28 heavy (non-hydrogen) atoms. The lowest BCUT2D eigenvalue weighted by atomic mass is 9.74. The highest BCUT2D eigenvalue weighted by Crippen LogP contribution is 2.42. The molecule has 0 unspecified atom stereocenters. The Hall–Kier alpha value is -0.940. The molecule has 0 aliphatic rings. The van der Waals surface area contributed by atoms with Crippen molar-refractivity contribution in [2.24, 2.45) is 0 Å². The van der Waals surface area contributed by atoms with Crippen molar-refractivity contribution in [1.29, 1.82) is 0 Å². The first-order valence-corrected chi connectivity index (χ1v) is 10.1. The summed E-state index contributed by atoms with van der Waals surface area (Å²) in [7, 11) is 0. The zero-order valence-corrected chi connectivity index (χ0v) is 20.4. The fraction of sp³-hybridized carbons (Fsp3) is 0.750. The molecule has 4 heteroatoms. The second kappa shape index (κ2) is 8.06. The van der Waals surface area contributed by atoms with Gasteiger partial charge in [0.1, 0.15) is 11.2 Å². The second-order valence-corrected chi connectivity index (χ2v) is 11.6. The SMILES string of the molecule is CC(C)(C)OOC(C)(C)c1cccc(C(C)(C)C)c1C(C)(C)OOC(C)(C)C. The Labute approximate surface area is 172 Å². The summed E-state index contributed by atoms with van der Waals surface area (Å²) < 4.78 is 0. The smallest absolute Gasteiger partial charge is 0.124 e. The second-order valence-electron chi connectivity index (χ2n) is 11.6. The molecule has 1 aromatic rings. The standard InChI is InChI=1S/C24H42O4/c1-20(2,3)17-15-14-16-18(23(10,11)27-25-21(4,5)6)19(17)24(12,13)28-26-22(7,8)9/h14-16H,1-13H3.